The molecule has 0 amide bonds. The normalized spacial score (nSPS) is 12.6. The first kappa shape index (κ1) is 16.6. The fourth-order valence-corrected chi connectivity index (χ4v) is 12.8. The van der Waals surface area contributed by atoms with Crippen LogP contribution in [0.4, 0.5) is 0 Å². The van der Waals surface area contributed by atoms with E-state index < -0.39 is 14.4 Å². The zero-order chi connectivity index (χ0) is 18.4. The molecule has 0 bridgehead atoms. The summed E-state index contributed by atoms with van der Waals surface area (Å²) in [5, 5.41) is 10.3. The van der Waals surface area contributed by atoms with E-state index >= 15 is 0 Å². The summed E-state index contributed by atoms with van der Waals surface area (Å²) in [7, 11) is -0.840. The summed E-state index contributed by atoms with van der Waals surface area (Å²) < 4.78 is 0. The van der Waals surface area contributed by atoms with E-state index in [0.717, 1.165) is 0 Å². The first-order chi connectivity index (χ1) is 13.3. The molecule has 27 heavy (non-hydrogen) atoms. The molecule has 0 aliphatic rings. The molecule has 1 nitrogen and oxygen atoms in total. The number of benzene rings is 3. The Morgan fingerprint density at radius 1 is 0.704 bits per heavy atom. The van der Waals surface area contributed by atoms with Gasteiger partial charge in [-0.15, -0.1) is 0 Å². The van der Waals surface area contributed by atoms with Crippen LogP contribution in [0.5, 0.6) is 0 Å². The standard InChI is InChI=1S/C24H19NP2/c1-17-18(15-16-25-2)19-9-3-6-12-22(19)26(17)27-23-13-7-4-10-20(23)21-11-5-8-14-24(21)27/h3-16H,2H2,1H3/b16-15-. The molecule has 2 aromatic heterocycles. The minimum atomic E-state index is -0.421. The van der Waals surface area contributed by atoms with Gasteiger partial charge in [-0.25, -0.2) is 0 Å². The van der Waals surface area contributed by atoms with Crippen molar-refractivity contribution in [1.82, 2.24) is 0 Å². The first-order valence-electron chi connectivity index (χ1n) is 9.02. The van der Waals surface area contributed by atoms with Crippen LogP contribution in [0, 0.1) is 6.92 Å². The molecular weight excluding hydrogens is 364 g/mol. The average Bonchev–Trinajstić information content (AvgIpc) is 3.18. The van der Waals surface area contributed by atoms with E-state index in [9.17, 15) is 0 Å². The van der Waals surface area contributed by atoms with Gasteiger partial charge in [-0.3, -0.25) is 4.99 Å². The Kier molecular flexibility index (Phi) is 4.01. The predicted molar refractivity (Wildman–Crippen MR) is 125 cm³/mol. The van der Waals surface area contributed by atoms with Gasteiger partial charge in [0.2, 0.25) is 0 Å². The monoisotopic (exact) mass is 383 g/mol. The topological polar surface area (TPSA) is 12.4 Å². The van der Waals surface area contributed by atoms with Crippen molar-refractivity contribution in [2.75, 3.05) is 0 Å². The fraction of sp³-hybridized carbons (Fsp3) is 0.0417. The molecular formula is C24H19NP2. The summed E-state index contributed by atoms with van der Waals surface area (Å²) in [6.45, 7) is 5.93. The van der Waals surface area contributed by atoms with Crippen molar-refractivity contribution in [2.45, 2.75) is 6.92 Å². The third-order valence-electron chi connectivity index (χ3n) is 5.23. The van der Waals surface area contributed by atoms with Crippen LogP contribution in [-0.4, -0.2) is 6.72 Å². The van der Waals surface area contributed by atoms with Crippen LogP contribution in [0.2, 0.25) is 0 Å². The van der Waals surface area contributed by atoms with E-state index in [1.54, 1.807) is 0 Å². The van der Waals surface area contributed by atoms with Crippen LogP contribution in [0.3, 0.4) is 0 Å². The Bertz CT molecular complexity index is 1300. The maximum atomic E-state index is 3.95. The SMILES string of the molecule is C=N/C=C\c1c(C)p(-p2c3ccccc3c3ccccc32)c2ccccc12. The Morgan fingerprint density at radius 2 is 1.19 bits per heavy atom. The van der Waals surface area contributed by atoms with Crippen molar-refractivity contribution >= 4 is 58.8 Å². The number of hydrogen-bond donors (Lipinski definition) is 0. The summed E-state index contributed by atoms with van der Waals surface area (Å²) in [5.41, 5.74) is 1.33. The second-order valence-corrected chi connectivity index (χ2v) is 12.4. The molecule has 0 saturated carbocycles. The molecule has 1 unspecified atom stereocenters. The van der Waals surface area contributed by atoms with Gasteiger partial charge < -0.3 is 0 Å². The maximum Gasteiger partial charge on any atom is 0.0266 e. The van der Waals surface area contributed by atoms with Gasteiger partial charge in [0.05, 0.1) is 0 Å². The molecule has 3 heteroatoms. The molecule has 0 fully saturated rings. The molecule has 2 heterocycles. The highest BCUT2D eigenvalue weighted by Crippen LogP contribution is 2.71. The lowest BCUT2D eigenvalue weighted by Gasteiger charge is -2.06. The molecule has 5 rings (SSSR count). The smallest absolute Gasteiger partial charge is 0.0266 e. The number of fused-ring (bicyclic) bond motifs is 4. The van der Waals surface area contributed by atoms with E-state index in [-0.39, 0.29) is 0 Å². The highest BCUT2D eigenvalue weighted by Gasteiger charge is 2.19. The molecule has 0 aliphatic carbocycles. The Morgan fingerprint density at radius 3 is 1.74 bits per heavy atom. The molecule has 1 atom stereocenters. The third-order valence-corrected chi connectivity index (χ3v) is 13.1. The van der Waals surface area contributed by atoms with E-state index in [1.807, 2.05) is 6.20 Å². The van der Waals surface area contributed by atoms with Crippen LogP contribution < -0.4 is 0 Å². The zero-order valence-electron chi connectivity index (χ0n) is 15.1. The largest absolute Gasteiger partial charge is 0.272 e. The lowest BCUT2D eigenvalue weighted by atomic mass is 10.1. The number of rotatable bonds is 3. The molecule has 0 aliphatic heterocycles. The van der Waals surface area contributed by atoms with Crippen LogP contribution in [0.1, 0.15) is 10.9 Å². The number of hydrogen-bond acceptors (Lipinski definition) is 1. The number of nitrogens with zero attached hydrogens (tertiary/aromatic N) is 1. The van der Waals surface area contributed by atoms with Gasteiger partial charge >= 0.3 is 0 Å². The van der Waals surface area contributed by atoms with E-state index in [2.05, 4.69) is 97.5 Å². The van der Waals surface area contributed by atoms with Gasteiger partial charge in [0.25, 0.3) is 0 Å². The fourth-order valence-electron chi connectivity index (χ4n) is 4.09. The molecule has 0 radical (unpaired) electrons. The predicted octanol–water partition coefficient (Wildman–Crippen LogP) is 8.41. The van der Waals surface area contributed by atoms with Gasteiger partial charge in [0.1, 0.15) is 0 Å². The summed E-state index contributed by atoms with van der Waals surface area (Å²) >= 11 is 0. The summed E-state index contributed by atoms with van der Waals surface area (Å²) in [6.07, 6.45) is 3.95. The van der Waals surface area contributed by atoms with Crippen LogP contribution in [0.25, 0.3) is 37.6 Å². The lowest BCUT2D eigenvalue weighted by molar-refractivity contribution is 1.59. The van der Waals surface area contributed by atoms with E-state index in [0.29, 0.717) is 0 Å². The second kappa shape index (κ2) is 6.54. The highest BCUT2D eigenvalue weighted by atomic mass is 32.0. The third kappa shape index (κ3) is 2.43. The van der Waals surface area contributed by atoms with Crippen LogP contribution >= 0.6 is 14.4 Å². The van der Waals surface area contributed by atoms with Gasteiger partial charge in [-0.05, 0) is 64.9 Å². The first-order valence-corrected chi connectivity index (χ1v) is 12.4. The van der Waals surface area contributed by atoms with Crippen molar-refractivity contribution in [3.63, 3.8) is 0 Å². The van der Waals surface area contributed by atoms with Crippen molar-refractivity contribution in [3.05, 3.63) is 89.9 Å². The van der Waals surface area contributed by atoms with Gasteiger partial charge in [-0.2, -0.15) is 0 Å². The van der Waals surface area contributed by atoms with Gasteiger partial charge in [0.15, 0.2) is 0 Å². The second-order valence-electron chi connectivity index (χ2n) is 6.67. The van der Waals surface area contributed by atoms with E-state index in [1.165, 1.54) is 42.4 Å². The summed E-state index contributed by atoms with van der Waals surface area (Å²) in [5.74, 6) is 0. The Labute approximate surface area is 160 Å². The quantitative estimate of drug-likeness (QED) is 0.277. The molecule has 3 aromatic carbocycles. The minimum absolute atomic E-state index is 0.419. The van der Waals surface area contributed by atoms with Gasteiger partial charge in [0, 0.05) is 21.6 Å². The highest BCUT2D eigenvalue weighted by molar-refractivity contribution is 8.28. The Hall–Kier alpha value is -2.59. The molecule has 130 valence electrons. The van der Waals surface area contributed by atoms with Crippen molar-refractivity contribution in [1.29, 1.82) is 0 Å². The van der Waals surface area contributed by atoms with Crippen molar-refractivity contribution in [3.8, 4) is 0 Å². The average molecular weight is 383 g/mol. The summed E-state index contributed by atoms with van der Waals surface area (Å²) in [4.78, 5) is 3.95. The lowest BCUT2D eigenvalue weighted by Crippen LogP contribution is -1.71. The van der Waals surface area contributed by atoms with Gasteiger partial charge in [-0.1, -0.05) is 69.0 Å². The zero-order valence-corrected chi connectivity index (χ0v) is 16.9. The van der Waals surface area contributed by atoms with Crippen molar-refractivity contribution < 1.29 is 0 Å². The van der Waals surface area contributed by atoms with E-state index in [4.69, 9.17) is 0 Å². The minimum Gasteiger partial charge on any atom is -0.272 e. The van der Waals surface area contributed by atoms with Crippen molar-refractivity contribution in [2.24, 2.45) is 4.99 Å². The molecule has 0 N–H and O–H groups in total. The Balaban J connectivity index is 1.99. The molecule has 0 spiro atoms. The molecule has 0 saturated heterocycles. The number of aliphatic imine (C=N–C) groups is 1. The van der Waals surface area contributed by atoms with Crippen LogP contribution in [0.15, 0.2) is 84.0 Å². The van der Waals surface area contributed by atoms with Crippen LogP contribution in [-0.2, 0) is 0 Å². The molecule has 5 aromatic rings. The summed E-state index contributed by atoms with van der Waals surface area (Å²) in [6, 6.07) is 26.9. The maximum absolute atomic E-state index is 3.95.